The zero-order chi connectivity index (χ0) is 23.1. The molecule has 1 atom stereocenters. The summed E-state index contributed by atoms with van der Waals surface area (Å²) < 4.78 is 1.54. The summed E-state index contributed by atoms with van der Waals surface area (Å²) in [5.41, 5.74) is 3.20. The molecule has 10 heteroatoms. The van der Waals surface area contributed by atoms with Crippen molar-refractivity contribution < 1.29 is 9.59 Å². The number of nitrogens with zero attached hydrogens (tertiary/aromatic N) is 5. The number of benzene rings is 2. The van der Waals surface area contributed by atoms with Crippen LogP contribution >= 0.6 is 35.0 Å². The molecule has 0 radical (unpaired) electrons. The molecule has 33 heavy (non-hydrogen) atoms. The third kappa shape index (κ3) is 4.34. The highest BCUT2D eigenvalue weighted by molar-refractivity contribution is 8.04. The van der Waals surface area contributed by atoms with E-state index in [0.717, 1.165) is 11.1 Å². The van der Waals surface area contributed by atoms with Crippen LogP contribution in [0.2, 0.25) is 10.0 Å². The summed E-state index contributed by atoms with van der Waals surface area (Å²) in [5.74, 6) is -0.120. The lowest BCUT2D eigenvalue weighted by atomic mass is 9.93. The van der Waals surface area contributed by atoms with Crippen molar-refractivity contribution in [3.05, 3.63) is 86.3 Å². The van der Waals surface area contributed by atoms with Gasteiger partial charge in [0.25, 0.3) is 0 Å². The standard InChI is InChI=1S/C23H17Cl2N5O2S/c1-13-2-4-14(5-3-13)19-9-26-23-22(21(19)32)33-12-20(31)29(23)10-17-11-30(28-27-17)18-7-15(24)6-16(25)8-18/h2-9,11,19H,10,12H2,1H3. The number of amides is 1. The minimum atomic E-state index is -0.458. The fourth-order valence-electron chi connectivity index (χ4n) is 3.69. The Morgan fingerprint density at radius 3 is 2.55 bits per heavy atom. The number of hydrogen-bond acceptors (Lipinski definition) is 6. The molecule has 0 saturated carbocycles. The van der Waals surface area contributed by atoms with Crippen molar-refractivity contribution in [1.82, 2.24) is 19.9 Å². The Balaban J connectivity index is 1.41. The van der Waals surface area contributed by atoms with Crippen molar-refractivity contribution in [3.63, 3.8) is 0 Å². The second-order valence-corrected chi connectivity index (χ2v) is 9.59. The molecule has 0 bridgehead atoms. The summed E-state index contributed by atoms with van der Waals surface area (Å²) in [4.78, 5) is 32.5. The van der Waals surface area contributed by atoms with Crippen LogP contribution in [0.4, 0.5) is 0 Å². The quantitative estimate of drug-likeness (QED) is 0.527. The van der Waals surface area contributed by atoms with E-state index in [2.05, 4.69) is 15.3 Å². The summed E-state index contributed by atoms with van der Waals surface area (Å²) >= 11 is 13.4. The first-order chi connectivity index (χ1) is 15.9. The van der Waals surface area contributed by atoms with Gasteiger partial charge in [0.05, 0.1) is 35.0 Å². The summed E-state index contributed by atoms with van der Waals surface area (Å²) in [7, 11) is 0. The molecule has 2 aliphatic rings. The second kappa shape index (κ2) is 8.78. The van der Waals surface area contributed by atoms with Crippen LogP contribution in [0.1, 0.15) is 22.7 Å². The van der Waals surface area contributed by atoms with Crippen LogP contribution in [0.25, 0.3) is 5.69 Å². The van der Waals surface area contributed by atoms with Crippen LogP contribution in [0.3, 0.4) is 0 Å². The Kier molecular flexibility index (Phi) is 5.82. The van der Waals surface area contributed by atoms with Crippen LogP contribution in [0, 0.1) is 6.92 Å². The highest BCUT2D eigenvalue weighted by atomic mass is 35.5. The highest BCUT2D eigenvalue weighted by Gasteiger charge is 2.37. The molecule has 0 N–H and O–H groups in total. The number of carbonyl (C=O) groups excluding carboxylic acids is 2. The number of aromatic nitrogens is 3. The molecule has 1 aromatic heterocycles. The van der Waals surface area contributed by atoms with Gasteiger partial charge in [0.1, 0.15) is 5.69 Å². The smallest absolute Gasteiger partial charge is 0.238 e. The molecule has 0 aliphatic carbocycles. The van der Waals surface area contributed by atoms with Crippen molar-refractivity contribution in [2.24, 2.45) is 4.99 Å². The van der Waals surface area contributed by atoms with Gasteiger partial charge in [-0.15, -0.1) is 16.9 Å². The van der Waals surface area contributed by atoms with E-state index in [1.807, 2.05) is 31.2 Å². The van der Waals surface area contributed by atoms with Crippen LogP contribution < -0.4 is 0 Å². The molecule has 5 rings (SSSR count). The van der Waals surface area contributed by atoms with E-state index in [4.69, 9.17) is 23.2 Å². The number of hydrogen-bond donors (Lipinski definition) is 0. The Morgan fingerprint density at radius 1 is 1.09 bits per heavy atom. The monoisotopic (exact) mass is 497 g/mol. The van der Waals surface area contributed by atoms with Gasteiger partial charge in [0.2, 0.25) is 5.91 Å². The summed E-state index contributed by atoms with van der Waals surface area (Å²) in [6.45, 7) is 2.14. The number of allylic oxidation sites excluding steroid dienone is 1. The summed E-state index contributed by atoms with van der Waals surface area (Å²) in [6, 6.07) is 12.9. The second-order valence-electron chi connectivity index (χ2n) is 7.73. The predicted octanol–water partition coefficient (Wildman–Crippen LogP) is 4.56. The third-order valence-electron chi connectivity index (χ3n) is 5.36. The Bertz CT molecular complexity index is 1310. The number of aryl methyl sites for hydroxylation is 1. The average molecular weight is 498 g/mol. The molecule has 3 heterocycles. The maximum absolute atomic E-state index is 13.2. The number of Topliss-reactive ketones (excluding diaryl/α,β-unsaturated/α-hetero) is 1. The molecule has 1 amide bonds. The number of carbonyl (C=O) groups is 2. The van der Waals surface area contributed by atoms with Gasteiger partial charge in [0, 0.05) is 16.3 Å². The van der Waals surface area contributed by atoms with Gasteiger partial charge in [-0.05, 0) is 30.7 Å². The molecule has 0 fully saturated rings. The predicted molar refractivity (Wildman–Crippen MR) is 129 cm³/mol. The van der Waals surface area contributed by atoms with Crippen LogP contribution in [0.15, 0.2) is 64.4 Å². The Hall–Kier alpha value is -2.94. The number of rotatable bonds is 4. The van der Waals surface area contributed by atoms with E-state index in [-0.39, 0.29) is 24.0 Å². The van der Waals surface area contributed by atoms with Crippen LogP contribution in [-0.2, 0) is 16.1 Å². The molecule has 0 spiro atoms. The lowest BCUT2D eigenvalue weighted by Gasteiger charge is -2.31. The van der Waals surface area contributed by atoms with Gasteiger partial charge >= 0.3 is 0 Å². The molecular formula is C23H17Cl2N5O2S. The lowest BCUT2D eigenvalue weighted by molar-refractivity contribution is -0.127. The average Bonchev–Trinajstić information content (AvgIpc) is 3.25. The third-order valence-corrected chi connectivity index (χ3v) is 6.86. The zero-order valence-electron chi connectivity index (χ0n) is 17.4. The molecule has 0 saturated heterocycles. The van der Waals surface area contributed by atoms with E-state index < -0.39 is 5.92 Å². The fraction of sp³-hybridized carbons (Fsp3) is 0.174. The molecule has 3 aromatic rings. The van der Waals surface area contributed by atoms with Crippen molar-refractivity contribution in [2.75, 3.05) is 5.75 Å². The molecule has 2 aliphatic heterocycles. The largest absolute Gasteiger partial charge is 0.292 e. The normalized spacial score (nSPS) is 18.2. The number of aliphatic imine (C=N–C) groups is 1. The van der Waals surface area contributed by atoms with Gasteiger partial charge in [0.15, 0.2) is 11.6 Å². The van der Waals surface area contributed by atoms with Gasteiger partial charge in [-0.2, -0.15) is 0 Å². The highest BCUT2D eigenvalue weighted by Crippen LogP contribution is 2.37. The maximum atomic E-state index is 13.2. The van der Waals surface area contributed by atoms with E-state index >= 15 is 0 Å². The molecular weight excluding hydrogens is 481 g/mol. The van der Waals surface area contributed by atoms with E-state index in [9.17, 15) is 9.59 Å². The fourth-order valence-corrected chi connectivity index (χ4v) is 5.19. The minimum absolute atomic E-state index is 0.0522. The van der Waals surface area contributed by atoms with E-state index in [0.29, 0.717) is 32.2 Å². The number of ketones is 1. The van der Waals surface area contributed by atoms with Crippen LogP contribution in [0.5, 0.6) is 0 Å². The first kappa shape index (κ1) is 21.9. The Morgan fingerprint density at radius 2 is 1.82 bits per heavy atom. The van der Waals surface area contributed by atoms with Crippen molar-refractivity contribution in [2.45, 2.75) is 19.4 Å². The number of halogens is 2. The first-order valence-electron chi connectivity index (χ1n) is 10.1. The van der Waals surface area contributed by atoms with E-state index in [1.54, 1.807) is 30.6 Å². The van der Waals surface area contributed by atoms with Crippen molar-refractivity contribution in [3.8, 4) is 5.69 Å². The zero-order valence-corrected chi connectivity index (χ0v) is 19.7. The topological polar surface area (TPSA) is 80.5 Å². The van der Waals surface area contributed by atoms with Crippen molar-refractivity contribution in [1.29, 1.82) is 0 Å². The van der Waals surface area contributed by atoms with Gasteiger partial charge < -0.3 is 0 Å². The molecule has 1 unspecified atom stereocenters. The Labute approximate surface area is 204 Å². The van der Waals surface area contributed by atoms with Crippen molar-refractivity contribution >= 4 is 52.9 Å². The SMILES string of the molecule is Cc1ccc(C2C=NC3=C(SCC(=O)N3Cc3cn(-c4cc(Cl)cc(Cl)c4)nn3)C2=O)cc1. The maximum Gasteiger partial charge on any atom is 0.238 e. The summed E-state index contributed by atoms with van der Waals surface area (Å²) in [6.07, 6.45) is 3.31. The van der Waals surface area contributed by atoms with Gasteiger partial charge in [-0.1, -0.05) is 58.2 Å². The van der Waals surface area contributed by atoms with Crippen LogP contribution in [-0.4, -0.2) is 43.6 Å². The number of thioether (sulfide) groups is 1. The summed E-state index contributed by atoms with van der Waals surface area (Å²) in [5, 5.41) is 9.25. The lowest BCUT2D eigenvalue weighted by Crippen LogP contribution is -2.38. The first-order valence-corrected chi connectivity index (χ1v) is 11.8. The molecule has 7 nitrogen and oxygen atoms in total. The molecule has 2 aromatic carbocycles. The van der Waals surface area contributed by atoms with E-state index in [1.165, 1.54) is 21.3 Å². The molecule has 166 valence electrons. The van der Waals surface area contributed by atoms with Gasteiger partial charge in [-0.3, -0.25) is 14.5 Å². The minimum Gasteiger partial charge on any atom is -0.292 e. The van der Waals surface area contributed by atoms with Gasteiger partial charge in [-0.25, -0.2) is 9.67 Å².